The Morgan fingerprint density at radius 1 is 0.757 bits per heavy atom. The van der Waals surface area contributed by atoms with Crippen LogP contribution >= 0.6 is 0 Å². The van der Waals surface area contributed by atoms with E-state index >= 15 is 19.2 Å². The van der Waals surface area contributed by atoms with Crippen LogP contribution < -0.4 is 15.0 Å². The van der Waals surface area contributed by atoms with Crippen LogP contribution in [0.15, 0.2) is 103 Å². The van der Waals surface area contributed by atoms with Crippen molar-refractivity contribution >= 4 is 47.4 Å². The first-order valence-corrected chi connectivity index (χ1v) is 25.0. The van der Waals surface area contributed by atoms with Crippen LogP contribution in [0.2, 0.25) is 0 Å². The quantitative estimate of drug-likeness (QED) is 0.0670. The van der Waals surface area contributed by atoms with Gasteiger partial charge in [-0.15, -0.1) is 0 Å². The second kappa shape index (κ2) is 23.1. The number of fused-ring (bicyclic) bond motifs is 3. The van der Waals surface area contributed by atoms with Crippen molar-refractivity contribution in [3.8, 4) is 17.6 Å². The van der Waals surface area contributed by atoms with E-state index < -0.39 is 95.2 Å². The number of ether oxygens (including phenoxy) is 5. The molecule has 4 heterocycles. The van der Waals surface area contributed by atoms with Gasteiger partial charge < -0.3 is 39.0 Å². The second-order valence-electron chi connectivity index (χ2n) is 19.2. The first kappa shape index (κ1) is 52.8. The molecule has 7 atom stereocenters. The molecule has 74 heavy (non-hydrogen) atoms. The number of carbonyl (C=O) groups excluding carboxylic acids is 7. The third-order valence-corrected chi connectivity index (χ3v) is 14.5. The summed E-state index contributed by atoms with van der Waals surface area (Å²) in [6.07, 6.45) is 2.75. The molecule has 388 valence electrons. The van der Waals surface area contributed by atoms with Gasteiger partial charge in [0, 0.05) is 25.1 Å². The Balaban J connectivity index is 1.47. The van der Waals surface area contributed by atoms with Crippen LogP contribution in [0.3, 0.4) is 0 Å². The normalized spacial score (nSPS) is 22.8. The fraction of sp³-hybridized carbons (Fsp3) is 0.421. The van der Waals surface area contributed by atoms with Gasteiger partial charge in [0.25, 0.3) is 0 Å². The number of urea groups is 1. The predicted octanol–water partition coefficient (Wildman–Crippen LogP) is 6.13. The molecule has 17 heteroatoms. The lowest BCUT2D eigenvalue weighted by atomic mass is 9.64. The molecule has 8 rings (SSSR count). The number of hydrogen-bond donors (Lipinski definition) is 2. The number of nitrogens with one attached hydrogen (secondary N) is 1. The van der Waals surface area contributed by atoms with Crippen LogP contribution in [-0.4, -0.2) is 116 Å². The molecule has 4 aromatic carbocycles. The molecule has 4 aliphatic rings. The van der Waals surface area contributed by atoms with Gasteiger partial charge in [0.15, 0.2) is 5.92 Å². The van der Waals surface area contributed by atoms with Gasteiger partial charge in [-0.1, -0.05) is 118 Å². The second-order valence-corrected chi connectivity index (χ2v) is 19.2. The van der Waals surface area contributed by atoms with Crippen LogP contribution in [0.25, 0.3) is 0 Å². The molecule has 7 unspecified atom stereocenters. The van der Waals surface area contributed by atoms with E-state index in [2.05, 4.69) is 17.2 Å². The Morgan fingerprint density at radius 3 is 2.00 bits per heavy atom. The molecular weight excluding hydrogens is 949 g/mol. The highest BCUT2D eigenvalue weighted by atomic mass is 16.6. The highest BCUT2D eigenvalue weighted by Gasteiger charge is 2.76. The average molecular weight is 1010 g/mol. The number of anilines is 1. The molecule has 3 saturated heterocycles. The number of hydrogen-bond acceptors (Lipinski definition) is 14. The number of aliphatic hydroxyl groups excluding tert-OH is 1. The third kappa shape index (κ3) is 9.95. The predicted molar refractivity (Wildman–Crippen MR) is 269 cm³/mol. The molecule has 0 radical (unpaired) electrons. The number of imide groups is 1. The Labute approximate surface area is 430 Å². The lowest BCUT2D eigenvalue weighted by molar-refractivity contribution is -0.179. The van der Waals surface area contributed by atoms with Gasteiger partial charge in [0.2, 0.25) is 11.8 Å². The van der Waals surface area contributed by atoms with Gasteiger partial charge in [-0.25, -0.2) is 14.5 Å². The van der Waals surface area contributed by atoms with Crippen molar-refractivity contribution in [2.75, 3.05) is 52.5 Å². The Morgan fingerprint density at radius 2 is 1.38 bits per heavy atom. The number of cyclic esters (lactones) is 1. The zero-order valence-electron chi connectivity index (χ0n) is 42.2. The van der Waals surface area contributed by atoms with Crippen LogP contribution in [0.5, 0.6) is 5.75 Å². The van der Waals surface area contributed by atoms with Gasteiger partial charge in [0.1, 0.15) is 36.0 Å². The first-order chi connectivity index (χ1) is 35.8. The maximum Gasteiger partial charge on any atom is 0.329 e. The van der Waals surface area contributed by atoms with Gasteiger partial charge in [-0.2, -0.15) is 0 Å². The Hall–Kier alpha value is -7.55. The molecule has 17 nitrogen and oxygen atoms in total. The lowest BCUT2D eigenvalue weighted by Gasteiger charge is -2.46. The fourth-order valence-corrected chi connectivity index (χ4v) is 11.2. The highest BCUT2D eigenvalue weighted by Crippen LogP contribution is 2.66. The number of methoxy groups -OCH3 is 3. The molecular formula is C57H62N4O13. The molecule has 3 fully saturated rings. The van der Waals surface area contributed by atoms with Gasteiger partial charge in [-0.05, 0) is 71.3 Å². The molecule has 0 saturated carbocycles. The smallest absolute Gasteiger partial charge is 0.329 e. The minimum absolute atomic E-state index is 0.0552. The molecule has 4 aromatic rings. The number of carbonyl (C=O) groups is 7. The largest absolute Gasteiger partial charge is 0.491 e. The summed E-state index contributed by atoms with van der Waals surface area (Å²) in [5.74, 6) is -1.75. The molecule has 0 aliphatic carbocycles. The maximum absolute atomic E-state index is 16.9. The topological polar surface area (TPSA) is 208 Å². The van der Waals surface area contributed by atoms with E-state index in [4.69, 9.17) is 23.7 Å². The van der Waals surface area contributed by atoms with E-state index in [-0.39, 0.29) is 36.4 Å². The van der Waals surface area contributed by atoms with Crippen molar-refractivity contribution in [1.82, 2.24) is 15.1 Å². The SMILES string of the molecule is COC(=O)C(CC#Cc1ccc2c(c1)C1(C(=O)N2C(=O)NC(C(=O)OC)C(C)C)C(C(=O)N2CCCCCCC2)C2C(=O)OC(c3ccccc3)C(c3ccccc3)N2C1c1cccc(OCCO)c1)C(=O)OC. The van der Waals surface area contributed by atoms with Crippen LogP contribution in [0.1, 0.15) is 98.4 Å². The molecule has 2 N–H and O–H groups in total. The number of rotatable bonds is 13. The highest BCUT2D eigenvalue weighted by molar-refractivity contribution is 6.25. The van der Waals surface area contributed by atoms with E-state index in [0.29, 0.717) is 48.4 Å². The zero-order chi connectivity index (χ0) is 52.7. The summed E-state index contributed by atoms with van der Waals surface area (Å²) in [6.45, 7) is 3.73. The van der Waals surface area contributed by atoms with E-state index in [9.17, 15) is 19.5 Å². The van der Waals surface area contributed by atoms with Gasteiger partial charge in [0.05, 0.1) is 51.6 Å². The minimum atomic E-state index is -2.17. The van der Waals surface area contributed by atoms with Crippen molar-refractivity contribution in [3.05, 3.63) is 131 Å². The summed E-state index contributed by atoms with van der Waals surface area (Å²) in [5.41, 5.74) is 0.115. The number of aliphatic hydroxyl groups is 1. The Bertz CT molecular complexity index is 2790. The van der Waals surface area contributed by atoms with Gasteiger partial charge in [-0.3, -0.25) is 28.9 Å². The van der Waals surface area contributed by atoms with Crippen LogP contribution in [-0.2, 0) is 53.1 Å². The minimum Gasteiger partial charge on any atom is -0.491 e. The van der Waals surface area contributed by atoms with Crippen molar-refractivity contribution in [3.63, 3.8) is 0 Å². The number of amides is 4. The molecule has 0 bridgehead atoms. The standard InChI is InChI=1S/C57H62N4O13/c1-35(2)45(53(66)72-5)58-56(69)60-43-28-27-36(19-17-26-41(51(64)70-3)52(65)71-4)33-42(43)57(55(60)68)44(50(63)59-29-15-7-6-8-16-30-59)47-54(67)74-48(38-22-13-10-14-23-38)46(37-20-11-9-12-21-37)61(47)49(57)39-24-18-25-40(34-39)73-32-31-62/h9-14,18,20-25,27-28,33-35,41,44-49,62H,6-8,15-16,26,29-32H2,1-5H3,(H,58,69). The number of likely N-dealkylation sites (tertiary alicyclic amines) is 1. The summed E-state index contributed by atoms with van der Waals surface area (Å²) < 4.78 is 27.5. The van der Waals surface area contributed by atoms with E-state index in [1.165, 1.54) is 13.2 Å². The summed E-state index contributed by atoms with van der Waals surface area (Å²) in [5, 5.41) is 12.6. The molecule has 4 amide bonds. The van der Waals surface area contributed by atoms with Crippen LogP contribution in [0.4, 0.5) is 10.5 Å². The Kier molecular flexibility index (Phi) is 16.5. The summed E-state index contributed by atoms with van der Waals surface area (Å²) in [6, 6.07) is 24.4. The number of benzene rings is 4. The first-order valence-electron chi connectivity index (χ1n) is 25.0. The summed E-state index contributed by atoms with van der Waals surface area (Å²) in [7, 11) is 3.48. The van der Waals surface area contributed by atoms with Crippen molar-refractivity contribution in [1.29, 1.82) is 0 Å². The number of esters is 4. The zero-order valence-corrected chi connectivity index (χ0v) is 42.2. The van der Waals surface area contributed by atoms with Crippen molar-refractivity contribution < 1.29 is 62.4 Å². The van der Waals surface area contributed by atoms with E-state index in [1.807, 2.05) is 65.6 Å². The third-order valence-electron chi connectivity index (χ3n) is 14.5. The monoisotopic (exact) mass is 1010 g/mol. The van der Waals surface area contributed by atoms with Crippen LogP contribution in [0, 0.1) is 29.6 Å². The van der Waals surface area contributed by atoms with Crippen molar-refractivity contribution in [2.24, 2.45) is 17.8 Å². The van der Waals surface area contributed by atoms with Gasteiger partial charge >= 0.3 is 29.9 Å². The number of morpholine rings is 1. The van der Waals surface area contributed by atoms with Crippen molar-refractivity contribution in [2.45, 2.75) is 88.1 Å². The number of nitrogens with zero attached hydrogens (tertiary/aromatic N) is 3. The lowest BCUT2D eigenvalue weighted by Crippen LogP contribution is -2.58. The maximum atomic E-state index is 16.9. The molecule has 4 aliphatic heterocycles. The average Bonchev–Trinajstić information content (AvgIpc) is 3.95. The molecule has 1 spiro atoms. The summed E-state index contributed by atoms with van der Waals surface area (Å²) in [4.78, 5) is 107. The fourth-order valence-electron chi connectivity index (χ4n) is 11.2. The van der Waals surface area contributed by atoms with E-state index in [0.717, 1.165) is 38.4 Å². The molecule has 0 aromatic heterocycles. The van der Waals surface area contributed by atoms with E-state index in [1.54, 1.807) is 55.1 Å². The summed E-state index contributed by atoms with van der Waals surface area (Å²) >= 11 is 0.